The third-order valence-corrected chi connectivity index (χ3v) is 10.5. The maximum atomic E-state index is 6.16. The molecule has 7 aromatic carbocycles. The Morgan fingerprint density at radius 3 is 1.84 bits per heavy atom. The lowest BCUT2D eigenvalue weighted by Gasteiger charge is -2.09. The molecule has 10 rings (SSSR count). The number of hydrogen-bond donors (Lipinski definition) is 0. The first kappa shape index (κ1) is 24.8. The van der Waals surface area contributed by atoms with Gasteiger partial charge in [0.05, 0.1) is 21.4 Å². The van der Waals surface area contributed by atoms with Gasteiger partial charge in [0.15, 0.2) is 0 Å². The summed E-state index contributed by atoms with van der Waals surface area (Å²) in [5.41, 5.74) is 10.4. The second-order valence-electron chi connectivity index (χ2n) is 11.7. The maximum absolute atomic E-state index is 6.16. The van der Waals surface area contributed by atoms with Crippen molar-refractivity contribution in [1.82, 2.24) is 4.57 Å². The minimum absolute atomic E-state index is 0.918. The first-order valence-corrected chi connectivity index (χ1v) is 16.1. The first-order valence-electron chi connectivity index (χ1n) is 15.3. The average molecular weight is 592 g/mol. The van der Waals surface area contributed by atoms with Gasteiger partial charge in [0, 0.05) is 42.6 Å². The standard InChI is InChI=1S/C42H25NOS/c1-2-11-26(12-3-1)33-24-28(27-21-22-40-34(23-27)31-15-6-9-20-39(31)44-40)25-35-32-16-10-19-38(42(32)45-41(33)35)43-36-17-7-4-13-29(36)30-14-5-8-18-37(30)43/h1-25H. The van der Waals surface area contributed by atoms with E-state index in [1.54, 1.807) is 0 Å². The summed E-state index contributed by atoms with van der Waals surface area (Å²) in [6, 6.07) is 54.7. The van der Waals surface area contributed by atoms with Crippen LogP contribution in [0.3, 0.4) is 0 Å². The largest absolute Gasteiger partial charge is 0.456 e. The normalized spacial score (nSPS) is 12.0. The molecular weight excluding hydrogens is 567 g/mol. The van der Waals surface area contributed by atoms with Gasteiger partial charge in [0.2, 0.25) is 0 Å². The summed E-state index contributed by atoms with van der Waals surface area (Å²) in [5.74, 6) is 0. The number of furan rings is 1. The fourth-order valence-corrected chi connectivity index (χ4v) is 8.47. The van der Waals surface area contributed by atoms with Crippen LogP contribution in [0.2, 0.25) is 0 Å². The third kappa shape index (κ3) is 3.62. The second kappa shape index (κ2) is 9.43. The fraction of sp³-hybridized carbons (Fsp3) is 0. The van der Waals surface area contributed by atoms with E-state index in [9.17, 15) is 0 Å². The number of nitrogens with zero attached hydrogens (tertiary/aromatic N) is 1. The van der Waals surface area contributed by atoms with E-state index < -0.39 is 0 Å². The molecule has 0 aliphatic carbocycles. The molecule has 0 aliphatic heterocycles. The van der Waals surface area contributed by atoms with Crippen LogP contribution >= 0.6 is 11.3 Å². The van der Waals surface area contributed by atoms with Crippen molar-refractivity contribution in [3.63, 3.8) is 0 Å². The van der Waals surface area contributed by atoms with Gasteiger partial charge in [-0.1, -0.05) is 103 Å². The number of benzene rings is 7. The van der Waals surface area contributed by atoms with Crippen LogP contribution in [0.15, 0.2) is 156 Å². The zero-order valence-electron chi connectivity index (χ0n) is 24.2. The maximum Gasteiger partial charge on any atom is 0.135 e. The van der Waals surface area contributed by atoms with E-state index in [-0.39, 0.29) is 0 Å². The Morgan fingerprint density at radius 2 is 1.04 bits per heavy atom. The highest BCUT2D eigenvalue weighted by atomic mass is 32.1. The van der Waals surface area contributed by atoms with Crippen LogP contribution in [0.5, 0.6) is 0 Å². The van der Waals surface area contributed by atoms with E-state index in [0.717, 1.165) is 21.9 Å². The number of para-hydroxylation sites is 3. The van der Waals surface area contributed by atoms with Gasteiger partial charge in [-0.2, -0.15) is 0 Å². The van der Waals surface area contributed by atoms with Gasteiger partial charge in [-0.15, -0.1) is 11.3 Å². The van der Waals surface area contributed by atoms with Crippen LogP contribution in [0.25, 0.3) is 91.9 Å². The summed E-state index contributed by atoms with van der Waals surface area (Å²) in [6.45, 7) is 0. The molecular formula is C42H25NOS. The molecule has 0 saturated carbocycles. The van der Waals surface area contributed by atoms with E-state index in [1.165, 1.54) is 69.9 Å². The summed E-state index contributed by atoms with van der Waals surface area (Å²) in [4.78, 5) is 0. The molecule has 0 aliphatic rings. The Hall–Kier alpha value is -5.64. The lowest BCUT2D eigenvalue weighted by molar-refractivity contribution is 0.669. The molecule has 10 aromatic rings. The predicted molar refractivity (Wildman–Crippen MR) is 192 cm³/mol. The van der Waals surface area contributed by atoms with Gasteiger partial charge < -0.3 is 8.98 Å². The molecule has 3 heterocycles. The number of hydrogen-bond acceptors (Lipinski definition) is 2. The van der Waals surface area contributed by atoms with Gasteiger partial charge in [-0.25, -0.2) is 0 Å². The monoisotopic (exact) mass is 591 g/mol. The summed E-state index contributed by atoms with van der Waals surface area (Å²) in [7, 11) is 0. The minimum atomic E-state index is 0.918. The molecule has 0 spiro atoms. The molecule has 0 unspecified atom stereocenters. The van der Waals surface area contributed by atoms with Gasteiger partial charge in [-0.05, 0) is 65.2 Å². The van der Waals surface area contributed by atoms with Gasteiger partial charge in [-0.3, -0.25) is 0 Å². The highest BCUT2D eigenvalue weighted by Crippen LogP contribution is 2.46. The highest BCUT2D eigenvalue weighted by molar-refractivity contribution is 7.26. The quantitative estimate of drug-likeness (QED) is 0.200. The highest BCUT2D eigenvalue weighted by Gasteiger charge is 2.19. The lowest BCUT2D eigenvalue weighted by atomic mass is 9.95. The van der Waals surface area contributed by atoms with Crippen molar-refractivity contribution in [3.8, 4) is 27.9 Å². The third-order valence-electron chi connectivity index (χ3n) is 9.19. The lowest BCUT2D eigenvalue weighted by Crippen LogP contribution is -1.93. The molecule has 0 atom stereocenters. The number of rotatable bonds is 3. The van der Waals surface area contributed by atoms with Crippen molar-refractivity contribution in [3.05, 3.63) is 152 Å². The fourth-order valence-electron chi connectivity index (χ4n) is 7.15. The van der Waals surface area contributed by atoms with Gasteiger partial charge in [0.1, 0.15) is 11.2 Å². The predicted octanol–water partition coefficient (Wildman–Crippen LogP) is 12.4. The van der Waals surface area contributed by atoms with E-state index >= 15 is 0 Å². The van der Waals surface area contributed by atoms with Crippen LogP contribution in [0.1, 0.15) is 0 Å². The number of fused-ring (bicyclic) bond motifs is 9. The molecule has 45 heavy (non-hydrogen) atoms. The Kier molecular flexibility index (Phi) is 5.19. The molecule has 0 amide bonds. The summed E-state index contributed by atoms with van der Waals surface area (Å²) >= 11 is 1.90. The Morgan fingerprint density at radius 1 is 0.400 bits per heavy atom. The Balaban J connectivity index is 1.28. The molecule has 210 valence electrons. The summed E-state index contributed by atoms with van der Waals surface area (Å²) in [6.07, 6.45) is 0. The Labute approximate surface area is 263 Å². The van der Waals surface area contributed by atoms with Crippen LogP contribution in [0.4, 0.5) is 0 Å². The molecule has 0 bridgehead atoms. The average Bonchev–Trinajstić information content (AvgIpc) is 3.77. The van der Waals surface area contributed by atoms with Crippen LogP contribution < -0.4 is 0 Å². The molecule has 3 heteroatoms. The second-order valence-corrected chi connectivity index (χ2v) is 12.7. The van der Waals surface area contributed by atoms with E-state index in [2.05, 4.69) is 144 Å². The number of thiophene rings is 1. The SMILES string of the molecule is c1ccc(-c2cc(-c3ccc4oc5ccccc5c4c3)cc3c2sc2c(-n4c5ccccc5c5ccccc54)cccc23)cc1. The summed E-state index contributed by atoms with van der Waals surface area (Å²) < 4.78 is 11.2. The summed E-state index contributed by atoms with van der Waals surface area (Å²) in [5, 5.41) is 7.42. The first-order chi connectivity index (χ1) is 22.3. The van der Waals surface area contributed by atoms with Crippen molar-refractivity contribution < 1.29 is 4.42 Å². The van der Waals surface area contributed by atoms with Crippen LogP contribution in [0, 0.1) is 0 Å². The van der Waals surface area contributed by atoms with Crippen molar-refractivity contribution in [2.45, 2.75) is 0 Å². The van der Waals surface area contributed by atoms with Gasteiger partial charge >= 0.3 is 0 Å². The molecule has 0 radical (unpaired) electrons. The van der Waals surface area contributed by atoms with Crippen molar-refractivity contribution in [2.24, 2.45) is 0 Å². The molecule has 3 aromatic heterocycles. The molecule has 0 saturated heterocycles. The van der Waals surface area contributed by atoms with E-state index in [0.29, 0.717) is 0 Å². The number of aromatic nitrogens is 1. The Bertz CT molecular complexity index is 2710. The molecule has 2 nitrogen and oxygen atoms in total. The molecule has 0 N–H and O–H groups in total. The zero-order valence-corrected chi connectivity index (χ0v) is 25.0. The smallest absolute Gasteiger partial charge is 0.135 e. The van der Waals surface area contributed by atoms with E-state index in [1.807, 2.05) is 23.5 Å². The molecule has 0 fully saturated rings. The van der Waals surface area contributed by atoms with Crippen LogP contribution in [-0.4, -0.2) is 4.57 Å². The minimum Gasteiger partial charge on any atom is -0.456 e. The van der Waals surface area contributed by atoms with Gasteiger partial charge in [0.25, 0.3) is 0 Å². The van der Waals surface area contributed by atoms with E-state index in [4.69, 9.17) is 4.42 Å². The van der Waals surface area contributed by atoms with Crippen molar-refractivity contribution >= 4 is 75.3 Å². The van der Waals surface area contributed by atoms with Crippen molar-refractivity contribution in [2.75, 3.05) is 0 Å². The van der Waals surface area contributed by atoms with Crippen molar-refractivity contribution in [1.29, 1.82) is 0 Å². The van der Waals surface area contributed by atoms with Crippen LogP contribution in [-0.2, 0) is 0 Å². The zero-order chi connectivity index (χ0) is 29.5. The topological polar surface area (TPSA) is 18.1 Å².